The van der Waals surface area contributed by atoms with Crippen LogP contribution in [0.5, 0.6) is 0 Å². The summed E-state index contributed by atoms with van der Waals surface area (Å²) in [5, 5.41) is 5.30. The number of sulfone groups is 1. The summed E-state index contributed by atoms with van der Waals surface area (Å²) in [7, 11) is -1.55. The van der Waals surface area contributed by atoms with Gasteiger partial charge in [0.2, 0.25) is 5.95 Å². The minimum absolute atomic E-state index is 0.0590. The van der Waals surface area contributed by atoms with Gasteiger partial charge in [-0.05, 0) is 66.3 Å². The zero-order chi connectivity index (χ0) is 33.5. The highest BCUT2D eigenvalue weighted by atomic mass is 32.2. The number of carbonyl (C=O) groups excluding carboxylic acids is 1. The second kappa shape index (κ2) is 13.2. The molecule has 250 valence electrons. The molecular formula is C34H42FN7O4S. The Labute approximate surface area is 275 Å². The zero-order valence-electron chi connectivity index (χ0n) is 27.5. The van der Waals surface area contributed by atoms with Gasteiger partial charge in [-0.25, -0.2) is 22.8 Å². The average Bonchev–Trinajstić information content (AvgIpc) is 2.97. The third kappa shape index (κ3) is 6.85. The molecule has 3 saturated heterocycles. The summed E-state index contributed by atoms with van der Waals surface area (Å²) < 4.78 is 43.8. The van der Waals surface area contributed by atoms with Gasteiger partial charge in [0.25, 0.3) is 5.91 Å². The van der Waals surface area contributed by atoms with Gasteiger partial charge in [-0.15, -0.1) is 0 Å². The number of aromatic nitrogens is 3. The van der Waals surface area contributed by atoms with E-state index in [2.05, 4.69) is 51.9 Å². The molecule has 0 unspecified atom stereocenters. The van der Waals surface area contributed by atoms with Gasteiger partial charge < -0.3 is 24.8 Å². The highest BCUT2D eigenvalue weighted by Gasteiger charge is 2.38. The van der Waals surface area contributed by atoms with E-state index in [1.54, 1.807) is 19.2 Å². The lowest BCUT2D eigenvalue weighted by Gasteiger charge is -2.44. The van der Waals surface area contributed by atoms with E-state index in [1.165, 1.54) is 13.4 Å². The summed E-state index contributed by atoms with van der Waals surface area (Å²) in [6.45, 7) is 8.61. The van der Waals surface area contributed by atoms with Gasteiger partial charge in [0, 0.05) is 68.9 Å². The van der Waals surface area contributed by atoms with Crippen LogP contribution in [0.1, 0.15) is 56.7 Å². The number of alkyl halides is 1. The van der Waals surface area contributed by atoms with Crippen LogP contribution in [0.3, 0.4) is 0 Å². The Morgan fingerprint density at radius 2 is 1.89 bits per heavy atom. The van der Waals surface area contributed by atoms with Gasteiger partial charge in [0.1, 0.15) is 27.6 Å². The second-order valence-electron chi connectivity index (χ2n) is 13.1. The number of hydrogen-bond acceptors (Lipinski definition) is 10. The molecule has 1 amide bonds. The number of rotatable bonds is 9. The molecule has 0 radical (unpaired) electrons. The van der Waals surface area contributed by atoms with Gasteiger partial charge in [-0.1, -0.05) is 19.8 Å². The maximum atomic E-state index is 14.6. The minimum atomic E-state index is -3.08. The van der Waals surface area contributed by atoms with Crippen molar-refractivity contribution in [3.05, 3.63) is 41.7 Å². The van der Waals surface area contributed by atoms with Crippen molar-refractivity contribution in [2.24, 2.45) is 5.92 Å². The van der Waals surface area contributed by atoms with Crippen LogP contribution in [0.2, 0.25) is 0 Å². The molecule has 0 saturated carbocycles. The Bertz CT molecular complexity index is 1840. The van der Waals surface area contributed by atoms with Crippen molar-refractivity contribution < 1.29 is 22.3 Å². The van der Waals surface area contributed by atoms with Gasteiger partial charge in [-0.2, -0.15) is 4.98 Å². The van der Waals surface area contributed by atoms with Gasteiger partial charge in [0.15, 0.2) is 0 Å². The van der Waals surface area contributed by atoms with Crippen LogP contribution in [-0.2, 0) is 19.4 Å². The van der Waals surface area contributed by atoms with E-state index in [9.17, 15) is 17.6 Å². The van der Waals surface area contributed by atoms with Crippen LogP contribution in [-0.4, -0.2) is 98.3 Å². The van der Waals surface area contributed by atoms with Gasteiger partial charge in [-0.3, -0.25) is 4.79 Å². The van der Waals surface area contributed by atoms with E-state index in [4.69, 9.17) is 9.72 Å². The Morgan fingerprint density at radius 1 is 1.11 bits per heavy atom. The van der Waals surface area contributed by atoms with E-state index in [0.717, 1.165) is 34.0 Å². The fourth-order valence-corrected chi connectivity index (χ4v) is 8.12. The molecule has 0 bridgehead atoms. The van der Waals surface area contributed by atoms with Crippen LogP contribution < -0.4 is 15.1 Å². The minimum Gasteiger partial charge on any atom is -0.378 e. The molecule has 3 fully saturated rings. The first-order valence-electron chi connectivity index (χ1n) is 16.1. The van der Waals surface area contributed by atoms with Crippen LogP contribution in [0, 0.1) is 17.8 Å². The molecule has 3 aliphatic rings. The smallest absolute Gasteiger partial charge is 0.298 e. The average molecular weight is 664 g/mol. The standard InChI is InChI=1S/C34H42FN7O4S/c1-6-7-32(43)42-13-9-27(42)24-14-28(41-17-22(18-41)20-47(5,44)45)25-16-37-31(15-23(25)33(24)21(2)3)38-30-8-11-36-34(39-30)40-12-10-29(46-4)26(35)19-40/h8,11,14-16,21-22,26-27,29H,9-10,12-13,17-20H2,1-5H3,(H,36,37,38,39)/t26-,27+,29+/m0/s1. The van der Waals surface area contributed by atoms with Crippen molar-refractivity contribution in [3.8, 4) is 11.8 Å². The summed E-state index contributed by atoms with van der Waals surface area (Å²) >= 11 is 0. The largest absolute Gasteiger partial charge is 0.378 e. The number of anilines is 4. The number of nitrogens with zero attached hydrogens (tertiary/aromatic N) is 6. The van der Waals surface area contributed by atoms with Crippen molar-refractivity contribution in [1.82, 2.24) is 19.9 Å². The van der Waals surface area contributed by atoms with Crippen LogP contribution >= 0.6 is 0 Å². The molecule has 6 rings (SSSR count). The van der Waals surface area contributed by atoms with Crippen molar-refractivity contribution in [2.75, 3.05) is 67.0 Å². The Morgan fingerprint density at radius 3 is 2.53 bits per heavy atom. The van der Waals surface area contributed by atoms with E-state index >= 15 is 0 Å². The van der Waals surface area contributed by atoms with Crippen LogP contribution in [0.15, 0.2) is 30.6 Å². The predicted octanol–water partition coefficient (Wildman–Crippen LogP) is 4.23. The monoisotopic (exact) mass is 663 g/mol. The molecule has 13 heteroatoms. The van der Waals surface area contributed by atoms with Gasteiger partial charge >= 0.3 is 0 Å². The van der Waals surface area contributed by atoms with Crippen molar-refractivity contribution in [2.45, 2.75) is 57.8 Å². The fourth-order valence-electron chi connectivity index (χ4n) is 7.06. The quantitative estimate of drug-likeness (QED) is 0.333. The Kier molecular flexibility index (Phi) is 9.27. The number of ether oxygens (including phenoxy) is 1. The second-order valence-corrected chi connectivity index (χ2v) is 15.3. The zero-order valence-corrected chi connectivity index (χ0v) is 28.3. The molecule has 1 aromatic carbocycles. The number of halogens is 1. The number of hydrogen-bond donors (Lipinski definition) is 1. The Balaban J connectivity index is 1.36. The van der Waals surface area contributed by atoms with E-state index in [0.29, 0.717) is 50.2 Å². The third-order valence-electron chi connectivity index (χ3n) is 9.32. The first-order chi connectivity index (χ1) is 22.5. The number of likely N-dealkylation sites (tertiary alicyclic amines) is 1. The third-order valence-corrected chi connectivity index (χ3v) is 10.4. The number of piperidine rings is 1. The van der Waals surface area contributed by atoms with Crippen LogP contribution in [0.4, 0.5) is 27.7 Å². The normalized spacial score (nSPS) is 21.7. The summed E-state index contributed by atoms with van der Waals surface area (Å²) in [5.74, 6) is 7.17. The lowest BCUT2D eigenvalue weighted by Crippen LogP contribution is -2.50. The Hall–Kier alpha value is -4.02. The summed E-state index contributed by atoms with van der Waals surface area (Å²) in [4.78, 5) is 32.6. The highest BCUT2D eigenvalue weighted by molar-refractivity contribution is 7.90. The molecule has 11 nitrogen and oxygen atoms in total. The number of amides is 1. The molecule has 5 heterocycles. The molecule has 0 aliphatic carbocycles. The summed E-state index contributed by atoms with van der Waals surface area (Å²) in [6, 6.07) is 5.84. The molecule has 3 aromatic rings. The lowest BCUT2D eigenvalue weighted by atomic mass is 9.82. The first kappa shape index (κ1) is 32.9. The van der Waals surface area contributed by atoms with Crippen molar-refractivity contribution >= 4 is 49.8 Å². The number of nitrogens with one attached hydrogen (secondary N) is 1. The molecule has 0 spiro atoms. The summed E-state index contributed by atoms with van der Waals surface area (Å²) in [6.07, 6.45) is 4.61. The van der Waals surface area contributed by atoms with Crippen molar-refractivity contribution in [1.29, 1.82) is 0 Å². The van der Waals surface area contributed by atoms with E-state index in [-0.39, 0.29) is 36.1 Å². The maximum absolute atomic E-state index is 14.6. The topological polar surface area (TPSA) is 121 Å². The molecule has 1 N–H and O–H groups in total. The first-order valence-corrected chi connectivity index (χ1v) is 18.2. The number of pyridine rings is 1. The van der Waals surface area contributed by atoms with Crippen molar-refractivity contribution in [3.63, 3.8) is 0 Å². The fraction of sp³-hybridized carbons (Fsp3) is 0.529. The molecular weight excluding hydrogens is 621 g/mol. The van der Waals surface area contributed by atoms with Crippen LogP contribution in [0.25, 0.3) is 10.8 Å². The number of benzene rings is 1. The maximum Gasteiger partial charge on any atom is 0.298 e. The number of carbonyl (C=O) groups is 1. The van der Waals surface area contributed by atoms with Gasteiger partial charge in [0.05, 0.1) is 24.4 Å². The van der Waals surface area contributed by atoms with E-state index < -0.39 is 22.1 Å². The predicted molar refractivity (Wildman–Crippen MR) is 182 cm³/mol. The highest BCUT2D eigenvalue weighted by Crippen LogP contribution is 2.45. The summed E-state index contributed by atoms with van der Waals surface area (Å²) in [5.41, 5.74) is 3.19. The molecule has 2 aromatic heterocycles. The lowest BCUT2D eigenvalue weighted by molar-refractivity contribution is -0.132. The number of methoxy groups -OCH3 is 1. The number of fused-ring (bicyclic) bond motifs is 1. The van der Waals surface area contributed by atoms with E-state index in [1.807, 2.05) is 22.1 Å². The SMILES string of the molecule is CC#CC(=O)N1CC[C@@H]1c1cc(N2CC(CS(C)(=O)=O)C2)c2cnc(Nc3ccnc(N4CC[C@@H](OC)[C@@H](F)C4)n3)cc2c1C(C)C. The molecule has 3 aliphatic heterocycles. The molecule has 47 heavy (non-hydrogen) atoms. The molecule has 3 atom stereocenters.